The van der Waals surface area contributed by atoms with Gasteiger partial charge >= 0.3 is 0 Å². The van der Waals surface area contributed by atoms with Crippen molar-refractivity contribution in [2.45, 2.75) is 31.5 Å². The van der Waals surface area contributed by atoms with Gasteiger partial charge in [-0.1, -0.05) is 29.8 Å². The first-order valence-electron chi connectivity index (χ1n) is 5.52. The Labute approximate surface area is 110 Å². The number of hydrogen-bond acceptors (Lipinski definition) is 2. The molecular formula is C12H18BrNOS. The Morgan fingerprint density at radius 1 is 1.56 bits per heavy atom. The van der Waals surface area contributed by atoms with Crippen LogP contribution in [-0.2, 0) is 6.42 Å². The smallest absolute Gasteiger partial charge is 0.263 e. The molecule has 0 spiro atoms. The molecule has 0 bridgehead atoms. The molecule has 1 atom stereocenters. The fraction of sp³-hybridized carbons (Fsp3) is 0.583. The summed E-state index contributed by atoms with van der Waals surface area (Å²) >= 11 is 5.09. The number of nitrogens with zero attached hydrogens (tertiary/aromatic N) is 1. The highest BCUT2D eigenvalue weighted by Crippen LogP contribution is 2.18. The van der Waals surface area contributed by atoms with E-state index >= 15 is 0 Å². The summed E-state index contributed by atoms with van der Waals surface area (Å²) in [6.45, 7) is 5.00. The zero-order valence-corrected chi connectivity index (χ0v) is 12.4. The number of amides is 1. The van der Waals surface area contributed by atoms with Crippen LogP contribution in [0, 0.1) is 0 Å². The summed E-state index contributed by atoms with van der Waals surface area (Å²) in [5.74, 6) is 0.137. The number of aryl methyl sites for hydroxylation is 1. The average molecular weight is 304 g/mol. The number of carbonyl (C=O) groups is 1. The van der Waals surface area contributed by atoms with Crippen molar-refractivity contribution in [3.63, 3.8) is 0 Å². The number of thiophene rings is 1. The van der Waals surface area contributed by atoms with E-state index in [2.05, 4.69) is 29.8 Å². The van der Waals surface area contributed by atoms with Gasteiger partial charge in [0.15, 0.2) is 0 Å². The molecule has 1 heterocycles. The van der Waals surface area contributed by atoms with Crippen LogP contribution < -0.4 is 0 Å². The topological polar surface area (TPSA) is 20.3 Å². The first-order valence-corrected chi connectivity index (χ1v) is 7.26. The van der Waals surface area contributed by atoms with E-state index in [-0.39, 0.29) is 5.91 Å². The fourth-order valence-electron chi connectivity index (χ4n) is 1.34. The van der Waals surface area contributed by atoms with E-state index in [1.807, 2.05) is 19.2 Å². The Balaban J connectivity index is 2.56. The van der Waals surface area contributed by atoms with Gasteiger partial charge in [-0.15, -0.1) is 11.3 Å². The minimum absolute atomic E-state index is 0.137. The van der Waals surface area contributed by atoms with E-state index in [4.69, 9.17) is 0 Å². The largest absolute Gasteiger partial charge is 0.341 e. The third-order valence-electron chi connectivity index (χ3n) is 2.43. The summed E-state index contributed by atoms with van der Waals surface area (Å²) in [5.41, 5.74) is 0. The van der Waals surface area contributed by atoms with Gasteiger partial charge in [0.25, 0.3) is 5.91 Å². The Bertz CT molecular complexity index is 349. The molecule has 1 unspecified atom stereocenters. The van der Waals surface area contributed by atoms with Crippen molar-refractivity contribution in [2.75, 3.05) is 13.6 Å². The number of halogens is 1. The minimum atomic E-state index is 0.137. The summed E-state index contributed by atoms with van der Waals surface area (Å²) in [5, 5.41) is 0. The van der Waals surface area contributed by atoms with Crippen molar-refractivity contribution in [3.05, 3.63) is 21.9 Å². The normalized spacial score (nSPS) is 12.5. The van der Waals surface area contributed by atoms with Gasteiger partial charge < -0.3 is 4.90 Å². The molecule has 0 saturated carbocycles. The molecule has 0 aliphatic rings. The van der Waals surface area contributed by atoms with Crippen LogP contribution in [-0.4, -0.2) is 29.2 Å². The van der Waals surface area contributed by atoms with E-state index in [0.717, 1.165) is 24.3 Å². The van der Waals surface area contributed by atoms with Crippen LogP contribution in [0.25, 0.3) is 0 Å². The lowest BCUT2D eigenvalue weighted by Gasteiger charge is -2.16. The lowest BCUT2D eigenvalue weighted by atomic mass is 10.3. The van der Waals surface area contributed by atoms with Crippen LogP contribution in [0.5, 0.6) is 0 Å². The molecule has 4 heteroatoms. The molecule has 90 valence electrons. The summed E-state index contributed by atoms with van der Waals surface area (Å²) in [7, 11) is 1.86. The summed E-state index contributed by atoms with van der Waals surface area (Å²) in [6, 6.07) is 3.97. The van der Waals surface area contributed by atoms with E-state index in [1.165, 1.54) is 4.88 Å². The van der Waals surface area contributed by atoms with Crippen LogP contribution in [0.4, 0.5) is 0 Å². The van der Waals surface area contributed by atoms with Crippen LogP contribution in [0.15, 0.2) is 12.1 Å². The Morgan fingerprint density at radius 2 is 2.25 bits per heavy atom. The minimum Gasteiger partial charge on any atom is -0.341 e. The molecule has 0 aromatic carbocycles. The second-order valence-corrected chi connectivity index (χ2v) is 6.65. The maximum Gasteiger partial charge on any atom is 0.263 e. The third-order valence-corrected chi connectivity index (χ3v) is 4.11. The lowest BCUT2D eigenvalue weighted by Crippen LogP contribution is -2.28. The van der Waals surface area contributed by atoms with E-state index in [0.29, 0.717) is 4.83 Å². The van der Waals surface area contributed by atoms with Crippen LogP contribution >= 0.6 is 27.3 Å². The highest BCUT2D eigenvalue weighted by molar-refractivity contribution is 9.09. The molecule has 2 nitrogen and oxygen atoms in total. The number of rotatable bonds is 5. The Hall–Kier alpha value is -0.350. The quantitative estimate of drug-likeness (QED) is 0.762. The predicted molar refractivity (Wildman–Crippen MR) is 73.7 cm³/mol. The van der Waals surface area contributed by atoms with Crippen LogP contribution in [0.3, 0.4) is 0 Å². The molecule has 16 heavy (non-hydrogen) atoms. The highest BCUT2D eigenvalue weighted by Gasteiger charge is 2.14. The van der Waals surface area contributed by atoms with Crippen molar-refractivity contribution in [3.8, 4) is 0 Å². The predicted octanol–water partition coefficient (Wildman–Crippen LogP) is 3.56. The van der Waals surface area contributed by atoms with Crippen molar-refractivity contribution in [1.82, 2.24) is 4.90 Å². The Morgan fingerprint density at radius 3 is 2.75 bits per heavy atom. The number of carbonyl (C=O) groups excluding carboxylic acids is 1. The standard InChI is InChI=1S/C12H18BrNOS/c1-4-10-5-6-11(16-10)12(15)14(3)8-7-9(2)13/h5-6,9H,4,7-8H2,1-3H3. The van der Waals surface area contributed by atoms with Crippen LogP contribution in [0.2, 0.25) is 0 Å². The molecule has 0 aliphatic heterocycles. The number of alkyl halides is 1. The molecule has 0 radical (unpaired) electrons. The van der Waals surface area contributed by atoms with Crippen LogP contribution in [0.1, 0.15) is 34.8 Å². The zero-order chi connectivity index (χ0) is 12.1. The first kappa shape index (κ1) is 13.7. The van der Waals surface area contributed by atoms with Crippen molar-refractivity contribution < 1.29 is 4.79 Å². The van der Waals surface area contributed by atoms with Gasteiger partial charge in [-0.25, -0.2) is 0 Å². The van der Waals surface area contributed by atoms with Gasteiger partial charge in [0, 0.05) is 23.3 Å². The van der Waals surface area contributed by atoms with Crippen molar-refractivity contribution in [1.29, 1.82) is 0 Å². The summed E-state index contributed by atoms with van der Waals surface area (Å²) < 4.78 is 0. The van der Waals surface area contributed by atoms with Gasteiger partial charge in [-0.2, -0.15) is 0 Å². The first-order chi connectivity index (χ1) is 7.54. The summed E-state index contributed by atoms with van der Waals surface area (Å²) in [6.07, 6.45) is 1.98. The fourth-order valence-corrected chi connectivity index (χ4v) is 2.49. The molecule has 0 N–H and O–H groups in total. The maximum absolute atomic E-state index is 12.0. The second-order valence-electron chi connectivity index (χ2n) is 3.92. The SMILES string of the molecule is CCc1ccc(C(=O)N(C)CCC(C)Br)s1. The van der Waals surface area contributed by atoms with Gasteiger partial charge in [0.1, 0.15) is 0 Å². The van der Waals surface area contributed by atoms with Gasteiger partial charge in [-0.3, -0.25) is 4.79 Å². The van der Waals surface area contributed by atoms with Gasteiger partial charge in [-0.05, 0) is 25.0 Å². The third kappa shape index (κ3) is 3.91. The molecule has 1 aromatic rings. The van der Waals surface area contributed by atoms with E-state index in [9.17, 15) is 4.79 Å². The molecule has 1 amide bonds. The molecular weight excluding hydrogens is 286 g/mol. The summed E-state index contributed by atoms with van der Waals surface area (Å²) in [4.78, 5) is 16.4. The van der Waals surface area contributed by atoms with E-state index in [1.54, 1.807) is 16.2 Å². The average Bonchev–Trinajstić information content (AvgIpc) is 2.73. The molecule has 0 fully saturated rings. The lowest BCUT2D eigenvalue weighted by molar-refractivity contribution is 0.0799. The second kappa shape index (κ2) is 6.40. The Kier molecular flexibility index (Phi) is 5.49. The molecule has 0 saturated heterocycles. The van der Waals surface area contributed by atoms with Crippen molar-refractivity contribution >= 4 is 33.2 Å². The molecule has 0 aliphatic carbocycles. The van der Waals surface area contributed by atoms with Gasteiger partial charge in [0.2, 0.25) is 0 Å². The number of hydrogen-bond donors (Lipinski definition) is 0. The molecule has 1 aromatic heterocycles. The van der Waals surface area contributed by atoms with E-state index < -0.39 is 0 Å². The maximum atomic E-state index is 12.0. The zero-order valence-electron chi connectivity index (χ0n) is 10.00. The van der Waals surface area contributed by atoms with Gasteiger partial charge in [0.05, 0.1) is 4.88 Å². The molecule has 1 rings (SSSR count). The van der Waals surface area contributed by atoms with Crippen molar-refractivity contribution in [2.24, 2.45) is 0 Å². The monoisotopic (exact) mass is 303 g/mol. The highest BCUT2D eigenvalue weighted by atomic mass is 79.9.